The van der Waals surface area contributed by atoms with Gasteiger partial charge in [0.05, 0.1) is 26.4 Å². The van der Waals surface area contributed by atoms with E-state index in [1.54, 1.807) is 35.6 Å². The van der Waals surface area contributed by atoms with Gasteiger partial charge in [-0.1, -0.05) is 35.9 Å². The first-order chi connectivity index (χ1) is 13.4. The van der Waals surface area contributed by atoms with E-state index in [1.165, 1.54) is 16.8 Å². The topological polar surface area (TPSA) is 72.2 Å². The van der Waals surface area contributed by atoms with E-state index in [2.05, 4.69) is 5.10 Å². The average Bonchev–Trinajstić information content (AvgIpc) is 3.19. The number of rotatable bonds is 3. The molecule has 0 unspecified atom stereocenters. The van der Waals surface area contributed by atoms with Crippen LogP contribution >= 0.6 is 22.9 Å². The van der Waals surface area contributed by atoms with Gasteiger partial charge in [-0.15, -0.1) is 11.3 Å². The minimum atomic E-state index is -0.987. The summed E-state index contributed by atoms with van der Waals surface area (Å²) in [6.07, 6.45) is 0. The minimum Gasteiger partial charge on any atom is -0.478 e. The molecule has 5 nitrogen and oxygen atoms in total. The highest BCUT2D eigenvalue weighted by Gasteiger charge is 2.23. The summed E-state index contributed by atoms with van der Waals surface area (Å²) in [5.41, 5.74) is 3.50. The zero-order chi connectivity index (χ0) is 20.0. The second-order valence-electron chi connectivity index (χ2n) is 6.45. The first-order valence-electron chi connectivity index (χ1n) is 8.49. The van der Waals surface area contributed by atoms with Gasteiger partial charge in [-0.3, -0.25) is 4.79 Å². The van der Waals surface area contributed by atoms with Gasteiger partial charge in [0.2, 0.25) is 0 Å². The molecule has 0 atom stereocenters. The van der Waals surface area contributed by atoms with Gasteiger partial charge in [-0.05, 0) is 43.7 Å². The van der Waals surface area contributed by atoms with Crippen LogP contribution in [0.2, 0.25) is 5.02 Å². The third-order valence-corrected chi connectivity index (χ3v) is 5.87. The Morgan fingerprint density at radius 2 is 1.82 bits per heavy atom. The lowest BCUT2D eigenvalue weighted by Crippen LogP contribution is -2.15. The largest absolute Gasteiger partial charge is 0.478 e. The second-order valence-corrected chi connectivity index (χ2v) is 8.11. The standard InChI is InChI=1S/C21H15ClN2O3S/c1-11-4-3-5-15(22)17(11)20(25)24-16-10-12(2)28-19(16)18(23-24)13-6-8-14(9-7-13)21(26)27/h3-10H,1-2H3,(H,26,27). The highest BCUT2D eigenvalue weighted by molar-refractivity contribution is 7.19. The molecular formula is C21H15ClN2O3S. The molecule has 0 fully saturated rings. The molecule has 0 aliphatic heterocycles. The molecule has 0 aliphatic rings. The van der Waals surface area contributed by atoms with Gasteiger partial charge in [0.15, 0.2) is 0 Å². The number of carboxylic acid groups (broad SMARTS) is 1. The van der Waals surface area contributed by atoms with Crippen molar-refractivity contribution < 1.29 is 14.7 Å². The number of carboxylic acids is 1. The number of carbonyl (C=O) groups excluding carboxylic acids is 1. The molecule has 2 heterocycles. The maximum atomic E-state index is 13.2. The summed E-state index contributed by atoms with van der Waals surface area (Å²) in [7, 11) is 0. The van der Waals surface area contributed by atoms with E-state index in [-0.39, 0.29) is 11.5 Å². The number of benzene rings is 2. The SMILES string of the molecule is Cc1cc2c(s1)c(-c1ccc(C(=O)O)cc1)nn2C(=O)c1c(C)cccc1Cl. The van der Waals surface area contributed by atoms with E-state index in [0.717, 1.165) is 20.7 Å². The summed E-state index contributed by atoms with van der Waals surface area (Å²) in [5.74, 6) is -1.28. The summed E-state index contributed by atoms with van der Waals surface area (Å²) >= 11 is 7.83. The molecule has 2 aromatic carbocycles. The Hall–Kier alpha value is -2.96. The van der Waals surface area contributed by atoms with Crippen LogP contribution in [0.3, 0.4) is 0 Å². The number of halogens is 1. The van der Waals surface area contributed by atoms with Crippen molar-refractivity contribution in [1.82, 2.24) is 9.78 Å². The molecule has 0 amide bonds. The van der Waals surface area contributed by atoms with Crippen molar-refractivity contribution in [3.63, 3.8) is 0 Å². The number of fused-ring (bicyclic) bond motifs is 1. The van der Waals surface area contributed by atoms with Gasteiger partial charge in [0.1, 0.15) is 5.69 Å². The molecule has 140 valence electrons. The Labute approximate surface area is 169 Å². The molecule has 1 N–H and O–H groups in total. The third kappa shape index (κ3) is 3.00. The molecule has 0 aliphatic carbocycles. The molecule has 0 saturated carbocycles. The molecule has 0 radical (unpaired) electrons. The van der Waals surface area contributed by atoms with Gasteiger partial charge in [-0.25, -0.2) is 4.79 Å². The molecule has 4 aromatic rings. The fourth-order valence-electron chi connectivity index (χ4n) is 3.15. The highest BCUT2D eigenvalue weighted by atomic mass is 35.5. The quantitative estimate of drug-likeness (QED) is 0.489. The average molecular weight is 411 g/mol. The van der Waals surface area contributed by atoms with E-state index >= 15 is 0 Å². The number of aromatic nitrogens is 2. The predicted octanol–water partition coefficient (Wildman–Crippen LogP) is 5.42. The monoisotopic (exact) mass is 410 g/mol. The number of thiophene rings is 1. The fourth-order valence-corrected chi connectivity index (χ4v) is 4.45. The van der Waals surface area contributed by atoms with Gasteiger partial charge in [0.25, 0.3) is 5.91 Å². The zero-order valence-corrected chi connectivity index (χ0v) is 16.6. The van der Waals surface area contributed by atoms with Crippen LogP contribution in [-0.2, 0) is 0 Å². The van der Waals surface area contributed by atoms with Crippen LogP contribution in [0, 0.1) is 13.8 Å². The molecule has 0 saturated heterocycles. The summed E-state index contributed by atoms with van der Waals surface area (Å²) in [6.45, 7) is 3.81. The van der Waals surface area contributed by atoms with Crippen LogP contribution in [0.15, 0.2) is 48.5 Å². The van der Waals surface area contributed by atoms with Crippen molar-refractivity contribution >= 4 is 45.0 Å². The third-order valence-electron chi connectivity index (χ3n) is 4.51. The van der Waals surface area contributed by atoms with Crippen molar-refractivity contribution in [3.05, 3.63) is 75.1 Å². The van der Waals surface area contributed by atoms with Crippen LogP contribution in [0.1, 0.15) is 31.2 Å². The number of hydrogen-bond acceptors (Lipinski definition) is 4. The Kier molecular flexibility index (Phi) is 4.53. The molecule has 0 bridgehead atoms. The molecule has 28 heavy (non-hydrogen) atoms. The highest BCUT2D eigenvalue weighted by Crippen LogP contribution is 2.35. The van der Waals surface area contributed by atoms with E-state index in [4.69, 9.17) is 16.7 Å². The Bertz CT molecular complexity index is 1220. The van der Waals surface area contributed by atoms with Gasteiger partial charge in [0, 0.05) is 10.4 Å². The molecule has 7 heteroatoms. The van der Waals surface area contributed by atoms with Crippen LogP contribution in [0.4, 0.5) is 0 Å². The smallest absolute Gasteiger partial charge is 0.335 e. The van der Waals surface area contributed by atoms with Crippen molar-refractivity contribution in [3.8, 4) is 11.3 Å². The van der Waals surface area contributed by atoms with Gasteiger partial charge < -0.3 is 5.11 Å². The molecular weight excluding hydrogens is 396 g/mol. The first kappa shape index (κ1) is 18.4. The minimum absolute atomic E-state index is 0.199. The predicted molar refractivity (Wildman–Crippen MR) is 111 cm³/mol. The van der Waals surface area contributed by atoms with Gasteiger partial charge in [-0.2, -0.15) is 9.78 Å². The number of carbonyl (C=O) groups is 2. The van der Waals surface area contributed by atoms with Crippen LogP contribution in [-0.4, -0.2) is 26.8 Å². The Morgan fingerprint density at radius 1 is 1.11 bits per heavy atom. The van der Waals surface area contributed by atoms with E-state index < -0.39 is 5.97 Å². The summed E-state index contributed by atoms with van der Waals surface area (Å²) in [4.78, 5) is 25.4. The Balaban J connectivity index is 1.89. The summed E-state index contributed by atoms with van der Waals surface area (Å²) in [5, 5.41) is 14.0. The number of nitrogens with zero attached hydrogens (tertiary/aromatic N) is 2. The van der Waals surface area contributed by atoms with Crippen molar-refractivity contribution in [2.45, 2.75) is 13.8 Å². The van der Waals surface area contributed by atoms with Crippen LogP contribution < -0.4 is 0 Å². The van der Waals surface area contributed by atoms with E-state index in [9.17, 15) is 9.59 Å². The van der Waals surface area contributed by atoms with E-state index in [1.807, 2.05) is 26.0 Å². The van der Waals surface area contributed by atoms with Crippen molar-refractivity contribution in [1.29, 1.82) is 0 Å². The van der Waals surface area contributed by atoms with Crippen LogP contribution in [0.5, 0.6) is 0 Å². The molecule has 4 rings (SSSR count). The lowest BCUT2D eigenvalue weighted by atomic mass is 10.1. The number of aromatic carboxylic acids is 1. The van der Waals surface area contributed by atoms with E-state index in [0.29, 0.717) is 21.8 Å². The lowest BCUT2D eigenvalue weighted by Gasteiger charge is -2.07. The zero-order valence-electron chi connectivity index (χ0n) is 15.1. The van der Waals surface area contributed by atoms with Gasteiger partial charge >= 0.3 is 5.97 Å². The lowest BCUT2D eigenvalue weighted by molar-refractivity contribution is 0.0696. The van der Waals surface area contributed by atoms with Crippen LogP contribution in [0.25, 0.3) is 21.5 Å². The normalized spacial score (nSPS) is 11.1. The molecule has 0 spiro atoms. The summed E-state index contributed by atoms with van der Waals surface area (Å²) < 4.78 is 2.26. The fraction of sp³-hybridized carbons (Fsp3) is 0.0952. The van der Waals surface area contributed by atoms with Crippen molar-refractivity contribution in [2.75, 3.05) is 0 Å². The summed E-state index contributed by atoms with van der Waals surface area (Å²) in [6, 6.07) is 13.7. The maximum Gasteiger partial charge on any atom is 0.335 e. The number of hydrogen-bond donors (Lipinski definition) is 1. The Morgan fingerprint density at radius 3 is 2.46 bits per heavy atom. The number of aryl methyl sites for hydroxylation is 2. The molecule has 2 aromatic heterocycles. The maximum absolute atomic E-state index is 13.2. The van der Waals surface area contributed by atoms with Crippen molar-refractivity contribution in [2.24, 2.45) is 0 Å². The first-order valence-corrected chi connectivity index (χ1v) is 9.69. The second kappa shape index (κ2) is 6.89.